The Morgan fingerprint density at radius 2 is 0.870 bits per heavy atom. The van der Waals surface area contributed by atoms with Gasteiger partial charge in [0.2, 0.25) is 0 Å². The van der Waals surface area contributed by atoms with Gasteiger partial charge in [0.1, 0.15) is 11.5 Å². The SMILES string of the molecule is CC(C)CCOc1ccccc1C(=O)N(CCN(Cc1ccccc1)C(=O)c1ccccc1OCCC(C)C)Cc1ccccc1. The molecular weight excluding hydrogens is 572 g/mol. The zero-order valence-electron chi connectivity index (χ0n) is 27.7. The standard InChI is InChI=1S/C40H48N2O4/c1-31(2)23-27-45-37-21-13-11-19-35(37)39(43)41(29-33-15-7-5-8-16-33)25-26-42(30-34-17-9-6-10-18-34)40(44)36-20-12-14-22-38(36)46-28-24-32(3)4/h5-22,31-32H,23-30H2,1-4H3. The third kappa shape index (κ3) is 10.5. The van der Waals surface area contributed by atoms with Crippen LogP contribution in [0, 0.1) is 11.8 Å². The van der Waals surface area contributed by atoms with Crippen LogP contribution in [-0.2, 0) is 13.1 Å². The highest BCUT2D eigenvalue weighted by Gasteiger charge is 2.24. The summed E-state index contributed by atoms with van der Waals surface area (Å²) in [6, 6.07) is 34.8. The lowest BCUT2D eigenvalue weighted by Crippen LogP contribution is -2.41. The van der Waals surface area contributed by atoms with E-state index in [1.54, 1.807) is 0 Å². The van der Waals surface area contributed by atoms with Crippen molar-refractivity contribution in [2.24, 2.45) is 11.8 Å². The van der Waals surface area contributed by atoms with Crippen molar-refractivity contribution in [1.82, 2.24) is 9.80 Å². The molecule has 0 unspecified atom stereocenters. The normalized spacial score (nSPS) is 11.0. The molecule has 4 rings (SSSR count). The molecule has 0 saturated heterocycles. The van der Waals surface area contributed by atoms with E-state index in [0.29, 0.717) is 73.9 Å². The second-order valence-corrected chi connectivity index (χ2v) is 12.5. The monoisotopic (exact) mass is 620 g/mol. The van der Waals surface area contributed by atoms with E-state index in [0.717, 1.165) is 24.0 Å². The number of ether oxygens (including phenoxy) is 2. The van der Waals surface area contributed by atoms with E-state index in [-0.39, 0.29) is 11.8 Å². The maximum atomic E-state index is 14.2. The summed E-state index contributed by atoms with van der Waals surface area (Å²) in [4.78, 5) is 32.1. The van der Waals surface area contributed by atoms with Crippen molar-refractivity contribution in [1.29, 1.82) is 0 Å². The van der Waals surface area contributed by atoms with Gasteiger partial charge in [-0.2, -0.15) is 0 Å². The summed E-state index contributed by atoms with van der Waals surface area (Å²) < 4.78 is 12.2. The van der Waals surface area contributed by atoms with Gasteiger partial charge in [-0.25, -0.2) is 0 Å². The summed E-state index contributed by atoms with van der Waals surface area (Å²) in [5.74, 6) is 1.89. The molecule has 0 atom stereocenters. The predicted molar refractivity (Wildman–Crippen MR) is 185 cm³/mol. The summed E-state index contributed by atoms with van der Waals surface area (Å²) in [7, 11) is 0. The maximum Gasteiger partial charge on any atom is 0.257 e. The van der Waals surface area contributed by atoms with Crippen molar-refractivity contribution in [3.8, 4) is 11.5 Å². The Balaban J connectivity index is 1.61. The van der Waals surface area contributed by atoms with Gasteiger partial charge < -0.3 is 19.3 Å². The molecule has 0 spiro atoms. The first-order valence-corrected chi connectivity index (χ1v) is 16.4. The summed E-state index contributed by atoms with van der Waals surface area (Å²) in [6.07, 6.45) is 1.80. The van der Waals surface area contributed by atoms with Crippen LogP contribution in [0.15, 0.2) is 109 Å². The summed E-state index contributed by atoms with van der Waals surface area (Å²) in [6.45, 7) is 11.2. The molecule has 0 saturated carbocycles. The minimum atomic E-state index is -0.131. The van der Waals surface area contributed by atoms with Gasteiger partial charge in [-0.05, 0) is 60.1 Å². The number of benzene rings is 4. The third-order valence-corrected chi connectivity index (χ3v) is 7.79. The van der Waals surface area contributed by atoms with Gasteiger partial charge in [-0.3, -0.25) is 9.59 Å². The Hall–Kier alpha value is -4.58. The molecule has 4 aromatic rings. The average Bonchev–Trinajstić information content (AvgIpc) is 3.06. The van der Waals surface area contributed by atoms with Crippen LogP contribution < -0.4 is 9.47 Å². The Labute approximate surface area is 275 Å². The van der Waals surface area contributed by atoms with E-state index in [2.05, 4.69) is 27.7 Å². The van der Waals surface area contributed by atoms with Crippen LogP contribution in [0.3, 0.4) is 0 Å². The van der Waals surface area contributed by atoms with E-state index < -0.39 is 0 Å². The molecule has 242 valence electrons. The Bertz CT molecular complexity index is 1390. The van der Waals surface area contributed by atoms with Gasteiger partial charge >= 0.3 is 0 Å². The molecule has 0 radical (unpaired) electrons. The first kappa shape index (κ1) is 34.3. The maximum absolute atomic E-state index is 14.2. The van der Waals surface area contributed by atoms with E-state index in [1.165, 1.54) is 0 Å². The van der Waals surface area contributed by atoms with Gasteiger partial charge in [0, 0.05) is 26.2 Å². The Morgan fingerprint density at radius 3 is 1.24 bits per heavy atom. The fourth-order valence-corrected chi connectivity index (χ4v) is 5.04. The fourth-order valence-electron chi connectivity index (χ4n) is 5.04. The molecule has 0 N–H and O–H groups in total. The lowest BCUT2D eigenvalue weighted by atomic mass is 10.1. The van der Waals surface area contributed by atoms with E-state index >= 15 is 0 Å². The van der Waals surface area contributed by atoms with Gasteiger partial charge in [-0.15, -0.1) is 0 Å². The molecule has 46 heavy (non-hydrogen) atoms. The molecule has 0 aliphatic rings. The number of hydrogen-bond acceptors (Lipinski definition) is 4. The van der Waals surface area contributed by atoms with Gasteiger partial charge in [0.25, 0.3) is 11.8 Å². The van der Waals surface area contributed by atoms with Crippen molar-refractivity contribution in [2.75, 3.05) is 26.3 Å². The quantitative estimate of drug-likeness (QED) is 0.119. The van der Waals surface area contributed by atoms with Crippen LogP contribution >= 0.6 is 0 Å². The Morgan fingerprint density at radius 1 is 0.522 bits per heavy atom. The highest BCUT2D eigenvalue weighted by atomic mass is 16.5. The van der Waals surface area contributed by atoms with Gasteiger partial charge in [0.05, 0.1) is 24.3 Å². The number of carbonyl (C=O) groups is 2. The molecule has 0 fully saturated rings. The Kier molecular flexibility index (Phi) is 13.3. The van der Waals surface area contributed by atoms with E-state index in [9.17, 15) is 9.59 Å². The molecule has 6 heteroatoms. The topological polar surface area (TPSA) is 59.1 Å². The summed E-state index contributed by atoms with van der Waals surface area (Å²) in [5.41, 5.74) is 3.07. The van der Waals surface area contributed by atoms with Crippen molar-refractivity contribution in [3.63, 3.8) is 0 Å². The second-order valence-electron chi connectivity index (χ2n) is 12.5. The minimum Gasteiger partial charge on any atom is -0.493 e. The van der Waals surface area contributed by atoms with Crippen LogP contribution in [0.2, 0.25) is 0 Å². The van der Waals surface area contributed by atoms with Crippen LogP contribution in [-0.4, -0.2) is 47.9 Å². The molecule has 0 aromatic heterocycles. The highest BCUT2D eigenvalue weighted by molar-refractivity contribution is 5.98. The first-order valence-electron chi connectivity index (χ1n) is 16.4. The number of carbonyl (C=O) groups excluding carboxylic acids is 2. The highest BCUT2D eigenvalue weighted by Crippen LogP contribution is 2.24. The molecule has 2 amide bonds. The zero-order chi connectivity index (χ0) is 32.7. The number of nitrogens with zero attached hydrogens (tertiary/aromatic N) is 2. The van der Waals surface area contributed by atoms with Gasteiger partial charge in [-0.1, -0.05) is 113 Å². The number of rotatable bonds is 17. The number of amides is 2. The molecule has 6 nitrogen and oxygen atoms in total. The summed E-state index contributed by atoms with van der Waals surface area (Å²) in [5, 5.41) is 0. The van der Waals surface area contributed by atoms with Crippen LogP contribution in [0.1, 0.15) is 72.4 Å². The molecule has 0 aliphatic heterocycles. The molecule has 0 heterocycles. The lowest BCUT2D eigenvalue weighted by molar-refractivity contribution is 0.0639. The van der Waals surface area contributed by atoms with Crippen LogP contribution in [0.25, 0.3) is 0 Å². The largest absolute Gasteiger partial charge is 0.493 e. The first-order chi connectivity index (χ1) is 22.3. The molecule has 0 bridgehead atoms. The van der Waals surface area contributed by atoms with Crippen molar-refractivity contribution >= 4 is 11.8 Å². The number of para-hydroxylation sites is 2. The lowest BCUT2D eigenvalue weighted by Gasteiger charge is -2.29. The predicted octanol–water partition coefficient (Wildman–Crippen LogP) is 8.52. The molecular formula is C40H48N2O4. The van der Waals surface area contributed by atoms with Gasteiger partial charge in [0.15, 0.2) is 0 Å². The van der Waals surface area contributed by atoms with Crippen LogP contribution in [0.4, 0.5) is 0 Å². The number of hydrogen-bond donors (Lipinski definition) is 0. The van der Waals surface area contributed by atoms with Crippen LogP contribution in [0.5, 0.6) is 11.5 Å². The molecule has 0 aliphatic carbocycles. The smallest absolute Gasteiger partial charge is 0.257 e. The fraction of sp³-hybridized carbons (Fsp3) is 0.350. The second kappa shape index (κ2) is 17.8. The minimum absolute atomic E-state index is 0.131. The van der Waals surface area contributed by atoms with E-state index in [1.807, 2.05) is 119 Å². The van der Waals surface area contributed by atoms with Crippen molar-refractivity contribution in [2.45, 2.75) is 53.6 Å². The summed E-state index contributed by atoms with van der Waals surface area (Å²) >= 11 is 0. The zero-order valence-corrected chi connectivity index (χ0v) is 27.7. The third-order valence-electron chi connectivity index (χ3n) is 7.79. The molecule has 4 aromatic carbocycles. The average molecular weight is 621 g/mol. The van der Waals surface area contributed by atoms with E-state index in [4.69, 9.17) is 9.47 Å². The van der Waals surface area contributed by atoms with Crippen molar-refractivity contribution < 1.29 is 19.1 Å². The van der Waals surface area contributed by atoms with Crippen molar-refractivity contribution in [3.05, 3.63) is 131 Å².